The summed E-state index contributed by atoms with van der Waals surface area (Å²) in [7, 11) is 0. The van der Waals surface area contributed by atoms with Gasteiger partial charge in [-0.25, -0.2) is 4.39 Å². The average molecular weight is 524 g/mol. The van der Waals surface area contributed by atoms with Crippen LogP contribution in [-0.2, 0) is 6.42 Å². The van der Waals surface area contributed by atoms with Gasteiger partial charge in [-0.2, -0.15) is 0 Å². The first-order chi connectivity index (χ1) is 18.6. The number of hydrogen-bond donors (Lipinski definition) is 1. The Balaban J connectivity index is 1.21. The van der Waals surface area contributed by atoms with E-state index in [1.165, 1.54) is 17.8 Å². The van der Waals surface area contributed by atoms with Gasteiger partial charge < -0.3 is 15.0 Å². The molecule has 0 radical (unpaired) electrons. The SMILES string of the molecule is O=C(Cc1ccccc1)c1ccc(Oc2ccnc3cc(-c4ccc(N5CCNCC5)cc4)sc23)c(F)c1. The molecule has 38 heavy (non-hydrogen) atoms. The molecule has 7 heteroatoms. The number of hydrogen-bond acceptors (Lipinski definition) is 6. The van der Waals surface area contributed by atoms with Gasteiger partial charge >= 0.3 is 0 Å². The fourth-order valence-electron chi connectivity index (χ4n) is 4.66. The molecular weight excluding hydrogens is 497 g/mol. The van der Waals surface area contributed by atoms with E-state index in [0.29, 0.717) is 11.3 Å². The van der Waals surface area contributed by atoms with Crippen LogP contribution in [0.5, 0.6) is 11.5 Å². The van der Waals surface area contributed by atoms with Crippen molar-refractivity contribution in [3.63, 3.8) is 0 Å². The summed E-state index contributed by atoms with van der Waals surface area (Å²) in [5.74, 6) is -0.108. The molecule has 5 nitrogen and oxygen atoms in total. The normalized spacial score (nSPS) is 13.6. The zero-order valence-electron chi connectivity index (χ0n) is 20.7. The maximum atomic E-state index is 15.0. The van der Waals surface area contributed by atoms with E-state index in [2.05, 4.69) is 39.5 Å². The summed E-state index contributed by atoms with van der Waals surface area (Å²) < 4.78 is 21.8. The van der Waals surface area contributed by atoms with Crippen molar-refractivity contribution in [2.24, 2.45) is 0 Å². The van der Waals surface area contributed by atoms with Crippen LogP contribution in [0.1, 0.15) is 15.9 Å². The highest BCUT2D eigenvalue weighted by atomic mass is 32.1. The third kappa shape index (κ3) is 5.16. The molecule has 1 N–H and O–H groups in total. The van der Waals surface area contributed by atoms with Crippen molar-refractivity contribution in [3.8, 4) is 21.9 Å². The summed E-state index contributed by atoms with van der Waals surface area (Å²) in [5, 5.41) is 3.38. The lowest BCUT2D eigenvalue weighted by atomic mass is 10.0. The van der Waals surface area contributed by atoms with Crippen LogP contribution < -0.4 is 15.0 Å². The summed E-state index contributed by atoms with van der Waals surface area (Å²) in [6.45, 7) is 4.01. The molecule has 5 aromatic rings. The van der Waals surface area contributed by atoms with Gasteiger partial charge in [0.1, 0.15) is 5.75 Å². The third-order valence-corrected chi connectivity index (χ3v) is 7.88. The second-order valence-electron chi connectivity index (χ2n) is 9.25. The summed E-state index contributed by atoms with van der Waals surface area (Å²) >= 11 is 1.57. The Morgan fingerprint density at radius 1 is 0.947 bits per heavy atom. The maximum Gasteiger partial charge on any atom is 0.167 e. The van der Waals surface area contributed by atoms with Gasteiger partial charge in [0.15, 0.2) is 17.3 Å². The number of ketones is 1. The number of thiophene rings is 1. The van der Waals surface area contributed by atoms with Crippen LogP contribution >= 0.6 is 11.3 Å². The van der Waals surface area contributed by atoms with Crippen molar-refractivity contribution >= 4 is 33.0 Å². The number of benzene rings is 3. The van der Waals surface area contributed by atoms with Gasteiger partial charge in [0, 0.05) is 61.0 Å². The van der Waals surface area contributed by atoms with Crippen LogP contribution in [0.3, 0.4) is 0 Å². The van der Waals surface area contributed by atoms with Gasteiger partial charge in [0.2, 0.25) is 0 Å². The van der Waals surface area contributed by atoms with Crippen molar-refractivity contribution in [1.82, 2.24) is 10.3 Å². The molecule has 3 aromatic carbocycles. The van der Waals surface area contributed by atoms with E-state index >= 15 is 0 Å². The number of Topliss-reactive ketones (excluding diaryl/α,β-unsaturated/α-hetero) is 1. The second-order valence-corrected chi connectivity index (χ2v) is 10.3. The van der Waals surface area contributed by atoms with E-state index in [1.807, 2.05) is 36.4 Å². The minimum absolute atomic E-state index is 0.0732. The van der Waals surface area contributed by atoms with Crippen molar-refractivity contribution in [1.29, 1.82) is 0 Å². The molecule has 6 rings (SSSR count). The number of nitrogens with zero attached hydrogens (tertiary/aromatic N) is 2. The molecular formula is C31H26FN3O2S. The molecule has 0 bridgehead atoms. The standard InChI is InChI=1S/C31H26FN3O2S/c32-25-19-23(27(36)18-21-4-2-1-3-5-21)8-11-28(25)37-29-12-13-34-26-20-30(38-31(26)29)22-6-9-24(10-7-22)35-16-14-33-15-17-35/h1-13,19-20,33H,14-18H2. The van der Waals surface area contributed by atoms with Crippen LogP contribution in [0.15, 0.2) is 91.1 Å². The summed E-state index contributed by atoms with van der Waals surface area (Å²) in [6, 6.07) is 26.2. The molecule has 1 aliphatic rings. The van der Waals surface area contributed by atoms with E-state index in [1.54, 1.807) is 29.7 Å². The first-order valence-electron chi connectivity index (χ1n) is 12.6. The molecule has 0 amide bonds. The van der Waals surface area contributed by atoms with Gasteiger partial charge in [-0.1, -0.05) is 42.5 Å². The lowest BCUT2D eigenvalue weighted by Crippen LogP contribution is -2.43. The number of anilines is 1. The molecule has 1 fully saturated rings. The highest BCUT2D eigenvalue weighted by Gasteiger charge is 2.16. The Bertz CT molecular complexity index is 1580. The first-order valence-corrected chi connectivity index (χ1v) is 13.4. The molecule has 1 saturated heterocycles. The molecule has 1 aliphatic heterocycles. The zero-order chi connectivity index (χ0) is 25.9. The van der Waals surface area contributed by atoms with E-state index in [9.17, 15) is 9.18 Å². The van der Waals surface area contributed by atoms with Gasteiger partial charge in [-0.3, -0.25) is 9.78 Å². The molecule has 0 aliphatic carbocycles. The number of fused-ring (bicyclic) bond motifs is 1. The lowest BCUT2D eigenvalue weighted by molar-refractivity contribution is 0.0992. The van der Waals surface area contributed by atoms with Crippen molar-refractivity contribution in [2.75, 3.05) is 31.1 Å². The highest BCUT2D eigenvalue weighted by molar-refractivity contribution is 7.22. The third-order valence-electron chi connectivity index (χ3n) is 6.69. The number of piperazine rings is 1. The number of rotatable bonds is 7. The Labute approximate surface area is 224 Å². The predicted molar refractivity (Wildman–Crippen MR) is 151 cm³/mol. The molecule has 3 heterocycles. The first kappa shape index (κ1) is 24.3. The smallest absolute Gasteiger partial charge is 0.167 e. The summed E-state index contributed by atoms with van der Waals surface area (Å²) in [5.41, 5.74) is 4.33. The number of halogens is 1. The molecule has 0 saturated carbocycles. The van der Waals surface area contributed by atoms with Gasteiger partial charge in [0.25, 0.3) is 0 Å². The second kappa shape index (κ2) is 10.7. The molecule has 0 unspecified atom stereocenters. The van der Waals surface area contributed by atoms with Crippen LogP contribution in [0.2, 0.25) is 0 Å². The predicted octanol–water partition coefficient (Wildman–Crippen LogP) is 6.73. The average Bonchev–Trinajstić information content (AvgIpc) is 3.41. The molecule has 0 atom stereocenters. The fraction of sp³-hybridized carbons (Fsp3) is 0.161. The van der Waals surface area contributed by atoms with E-state index < -0.39 is 5.82 Å². The van der Waals surface area contributed by atoms with Crippen LogP contribution in [0, 0.1) is 5.82 Å². The fourth-order valence-corrected chi connectivity index (χ4v) is 5.73. The topological polar surface area (TPSA) is 54.5 Å². The van der Waals surface area contributed by atoms with E-state index in [-0.39, 0.29) is 18.0 Å². The number of aromatic nitrogens is 1. The maximum absolute atomic E-state index is 15.0. The number of carbonyl (C=O) groups excluding carboxylic acids is 1. The molecule has 190 valence electrons. The minimum Gasteiger partial charge on any atom is -0.453 e. The van der Waals surface area contributed by atoms with Gasteiger partial charge in [-0.15, -0.1) is 11.3 Å². The lowest BCUT2D eigenvalue weighted by Gasteiger charge is -2.29. The van der Waals surface area contributed by atoms with Crippen molar-refractivity contribution in [3.05, 3.63) is 108 Å². The van der Waals surface area contributed by atoms with E-state index in [0.717, 1.165) is 52.4 Å². The van der Waals surface area contributed by atoms with Crippen molar-refractivity contribution in [2.45, 2.75) is 6.42 Å². The largest absolute Gasteiger partial charge is 0.453 e. The minimum atomic E-state index is -0.575. The van der Waals surface area contributed by atoms with Crippen LogP contribution in [-0.4, -0.2) is 36.9 Å². The van der Waals surface area contributed by atoms with Gasteiger partial charge in [0.05, 0.1) is 10.2 Å². The van der Waals surface area contributed by atoms with Crippen LogP contribution in [0.25, 0.3) is 20.7 Å². The van der Waals surface area contributed by atoms with Crippen molar-refractivity contribution < 1.29 is 13.9 Å². The molecule has 2 aromatic heterocycles. The summed E-state index contributed by atoms with van der Waals surface area (Å²) in [6.07, 6.45) is 1.89. The Hall–Kier alpha value is -4.07. The monoisotopic (exact) mass is 523 g/mol. The zero-order valence-corrected chi connectivity index (χ0v) is 21.5. The Morgan fingerprint density at radius 3 is 2.50 bits per heavy atom. The Kier molecular flexibility index (Phi) is 6.86. The van der Waals surface area contributed by atoms with Gasteiger partial charge in [-0.05, 0) is 47.5 Å². The number of carbonyl (C=O) groups is 1. The number of pyridine rings is 1. The Morgan fingerprint density at radius 2 is 1.74 bits per heavy atom. The van der Waals surface area contributed by atoms with E-state index in [4.69, 9.17) is 4.74 Å². The number of ether oxygens (including phenoxy) is 1. The summed E-state index contributed by atoms with van der Waals surface area (Å²) in [4.78, 5) is 20.6. The molecule has 0 spiro atoms. The quantitative estimate of drug-likeness (QED) is 0.240. The number of nitrogens with one attached hydrogen (secondary N) is 1. The van der Waals surface area contributed by atoms with Crippen LogP contribution in [0.4, 0.5) is 10.1 Å². The highest BCUT2D eigenvalue weighted by Crippen LogP contribution is 2.40.